The Morgan fingerprint density at radius 1 is 1.67 bits per heavy atom. The van der Waals surface area contributed by atoms with Gasteiger partial charge in [-0.25, -0.2) is 0 Å². The second-order valence-corrected chi connectivity index (χ2v) is 2.45. The van der Waals surface area contributed by atoms with Crippen molar-refractivity contribution >= 4 is 0 Å². The maximum Gasteiger partial charge on any atom is 0.294 e. The first-order valence-electron chi connectivity index (χ1n) is 3.36. The summed E-state index contributed by atoms with van der Waals surface area (Å²) in [5, 5.41) is 26.8. The van der Waals surface area contributed by atoms with Gasteiger partial charge in [-0.1, -0.05) is 0 Å². The number of hydrogen-bond donors (Lipinski definition) is 2. The lowest BCUT2D eigenvalue weighted by Crippen LogP contribution is -2.33. The molecule has 1 fully saturated rings. The van der Waals surface area contributed by atoms with Crippen molar-refractivity contribution in [3.8, 4) is 0 Å². The predicted molar refractivity (Wildman–Crippen MR) is 34.7 cm³/mol. The molecular weight excluding hydrogens is 170 g/mol. The zero-order chi connectivity index (χ0) is 9.14. The molecule has 1 heterocycles. The summed E-state index contributed by atoms with van der Waals surface area (Å²) in [4.78, 5) is 13.7. The molecule has 7 nitrogen and oxygen atoms in total. The monoisotopic (exact) mass is 179 g/mol. The van der Waals surface area contributed by atoms with Crippen LogP contribution in [0.2, 0.25) is 0 Å². The van der Waals surface area contributed by atoms with Crippen LogP contribution in [0.4, 0.5) is 0 Å². The molecule has 0 unspecified atom stereocenters. The highest BCUT2D eigenvalue weighted by Gasteiger charge is 2.35. The molecule has 1 saturated heterocycles. The Morgan fingerprint density at radius 3 is 2.75 bits per heavy atom. The molecule has 0 aromatic carbocycles. The standard InChI is InChI=1S/C5H9NO6/c7-3-1-11-4(5(3)8)2-12-6(9)10/h3-5,7-8H,1-2H2/t3-,4+,5-/m1/s1. The van der Waals surface area contributed by atoms with E-state index < -0.39 is 23.4 Å². The molecule has 0 aromatic rings. The van der Waals surface area contributed by atoms with Gasteiger partial charge in [0, 0.05) is 0 Å². The maximum atomic E-state index is 9.73. The largest absolute Gasteiger partial charge is 0.388 e. The average molecular weight is 179 g/mol. The van der Waals surface area contributed by atoms with Crippen molar-refractivity contribution in [2.75, 3.05) is 13.2 Å². The summed E-state index contributed by atoms with van der Waals surface area (Å²) in [6.45, 7) is -0.377. The molecule has 0 aliphatic carbocycles. The SMILES string of the molecule is O=[N+]([O-])OC[C@@H]1OC[C@@H](O)[C@H]1O. The molecule has 2 N–H and O–H groups in total. The van der Waals surface area contributed by atoms with E-state index in [0.717, 1.165) is 0 Å². The highest BCUT2D eigenvalue weighted by atomic mass is 17.0. The van der Waals surface area contributed by atoms with Crippen LogP contribution < -0.4 is 0 Å². The van der Waals surface area contributed by atoms with Crippen LogP contribution in [0.1, 0.15) is 0 Å². The first kappa shape index (κ1) is 9.17. The third-order valence-electron chi connectivity index (χ3n) is 1.60. The van der Waals surface area contributed by atoms with Crippen LogP contribution in [0.25, 0.3) is 0 Å². The van der Waals surface area contributed by atoms with E-state index in [0.29, 0.717) is 0 Å². The summed E-state index contributed by atoms with van der Waals surface area (Å²) in [7, 11) is 0. The van der Waals surface area contributed by atoms with E-state index in [-0.39, 0.29) is 13.2 Å². The number of ether oxygens (including phenoxy) is 1. The van der Waals surface area contributed by atoms with E-state index in [1.54, 1.807) is 0 Å². The van der Waals surface area contributed by atoms with Gasteiger partial charge in [0.1, 0.15) is 24.9 Å². The molecule has 70 valence electrons. The second-order valence-electron chi connectivity index (χ2n) is 2.45. The smallest absolute Gasteiger partial charge is 0.294 e. The maximum absolute atomic E-state index is 9.73. The van der Waals surface area contributed by atoms with E-state index in [1.165, 1.54) is 0 Å². The summed E-state index contributed by atoms with van der Waals surface area (Å²) in [6.07, 6.45) is -2.90. The van der Waals surface area contributed by atoms with Gasteiger partial charge >= 0.3 is 0 Å². The highest BCUT2D eigenvalue weighted by molar-refractivity contribution is 4.82. The molecule has 3 atom stereocenters. The Morgan fingerprint density at radius 2 is 2.33 bits per heavy atom. The van der Waals surface area contributed by atoms with Crippen LogP contribution in [-0.2, 0) is 9.57 Å². The number of aliphatic hydroxyl groups is 2. The quantitative estimate of drug-likeness (QED) is 0.396. The van der Waals surface area contributed by atoms with Crippen LogP contribution in [0.3, 0.4) is 0 Å². The van der Waals surface area contributed by atoms with Crippen LogP contribution in [0.15, 0.2) is 0 Å². The molecule has 7 heteroatoms. The lowest BCUT2D eigenvalue weighted by molar-refractivity contribution is -0.759. The molecule has 0 spiro atoms. The van der Waals surface area contributed by atoms with E-state index >= 15 is 0 Å². The van der Waals surface area contributed by atoms with Gasteiger partial charge < -0.3 is 19.8 Å². The summed E-state index contributed by atoms with van der Waals surface area (Å²) in [5.41, 5.74) is 0. The minimum atomic E-state index is -1.11. The summed E-state index contributed by atoms with van der Waals surface area (Å²) in [6, 6.07) is 0. The van der Waals surface area contributed by atoms with Crippen molar-refractivity contribution in [1.29, 1.82) is 0 Å². The average Bonchev–Trinajstić information content (AvgIpc) is 2.30. The van der Waals surface area contributed by atoms with E-state index in [9.17, 15) is 10.1 Å². The van der Waals surface area contributed by atoms with Crippen molar-refractivity contribution < 1.29 is 24.9 Å². The van der Waals surface area contributed by atoms with Crippen molar-refractivity contribution in [3.05, 3.63) is 10.1 Å². The summed E-state index contributed by atoms with van der Waals surface area (Å²) in [5.74, 6) is 0. The first-order chi connectivity index (χ1) is 5.61. The van der Waals surface area contributed by atoms with Crippen molar-refractivity contribution in [3.63, 3.8) is 0 Å². The van der Waals surface area contributed by atoms with E-state index in [1.807, 2.05) is 0 Å². The zero-order valence-electron chi connectivity index (χ0n) is 6.12. The third-order valence-corrected chi connectivity index (χ3v) is 1.60. The normalized spacial score (nSPS) is 35.0. The molecule has 12 heavy (non-hydrogen) atoms. The third kappa shape index (κ3) is 2.03. The Bertz CT molecular complexity index is 173. The van der Waals surface area contributed by atoms with Crippen LogP contribution in [-0.4, -0.2) is 46.8 Å². The van der Waals surface area contributed by atoms with Gasteiger partial charge in [0.2, 0.25) is 0 Å². The Balaban J connectivity index is 2.29. The fourth-order valence-electron chi connectivity index (χ4n) is 0.948. The fourth-order valence-corrected chi connectivity index (χ4v) is 0.948. The first-order valence-corrected chi connectivity index (χ1v) is 3.36. The molecule has 0 amide bonds. The van der Waals surface area contributed by atoms with Gasteiger partial charge in [-0.3, -0.25) is 0 Å². The minimum Gasteiger partial charge on any atom is -0.388 e. The zero-order valence-corrected chi connectivity index (χ0v) is 6.12. The lowest BCUT2D eigenvalue weighted by Gasteiger charge is -2.12. The van der Waals surface area contributed by atoms with Gasteiger partial charge in [-0.2, -0.15) is 0 Å². The molecule has 0 bridgehead atoms. The molecule has 1 rings (SSSR count). The highest BCUT2D eigenvalue weighted by Crippen LogP contribution is 2.14. The molecule has 0 aromatic heterocycles. The van der Waals surface area contributed by atoms with Gasteiger partial charge in [0.05, 0.1) is 6.61 Å². The van der Waals surface area contributed by atoms with Crippen molar-refractivity contribution in [2.24, 2.45) is 0 Å². The molecule has 0 saturated carbocycles. The number of aliphatic hydroxyl groups excluding tert-OH is 2. The topological polar surface area (TPSA) is 102 Å². The fraction of sp³-hybridized carbons (Fsp3) is 1.00. The number of hydrogen-bond acceptors (Lipinski definition) is 6. The second kappa shape index (κ2) is 3.65. The van der Waals surface area contributed by atoms with Crippen molar-refractivity contribution in [1.82, 2.24) is 0 Å². The van der Waals surface area contributed by atoms with Crippen LogP contribution >= 0.6 is 0 Å². The number of rotatable bonds is 3. The molecule has 1 aliphatic heterocycles. The van der Waals surface area contributed by atoms with Crippen LogP contribution in [0, 0.1) is 10.1 Å². The van der Waals surface area contributed by atoms with Gasteiger partial charge in [0.15, 0.2) is 0 Å². The van der Waals surface area contributed by atoms with Gasteiger partial charge in [-0.15, -0.1) is 10.1 Å². The molecule has 1 aliphatic rings. The van der Waals surface area contributed by atoms with E-state index in [4.69, 9.17) is 14.9 Å². The Labute approximate surface area is 67.6 Å². The minimum absolute atomic E-state index is 0.0209. The Hall–Kier alpha value is -0.920. The Kier molecular flexibility index (Phi) is 2.79. The summed E-state index contributed by atoms with van der Waals surface area (Å²) < 4.78 is 4.80. The molecule has 0 radical (unpaired) electrons. The van der Waals surface area contributed by atoms with E-state index in [2.05, 4.69) is 4.84 Å². The van der Waals surface area contributed by atoms with Gasteiger partial charge in [-0.05, 0) is 0 Å². The summed E-state index contributed by atoms with van der Waals surface area (Å²) >= 11 is 0. The predicted octanol–water partition coefficient (Wildman–Crippen LogP) is -1.68. The number of nitrogens with zero attached hydrogens (tertiary/aromatic N) is 1. The van der Waals surface area contributed by atoms with Gasteiger partial charge in [0.25, 0.3) is 5.09 Å². The lowest BCUT2D eigenvalue weighted by atomic mass is 10.2. The van der Waals surface area contributed by atoms with Crippen LogP contribution in [0.5, 0.6) is 0 Å². The van der Waals surface area contributed by atoms with Crippen molar-refractivity contribution in [2.45, 2.75) is 18.3 Å². The molecular formula is C5H9NO6.